The van der Waals surface area contributed by atoms with E-state index in [1.807, 2.05) is 13.0 Å². The largest absolute Gasteiger partial charge is 0.497 e. The molecule has 0 saturated carbocycles. The molecule has 0 radical (unpaired) electrons. The van der Waals surface area contributed by atoms with Crippen molar-refractivity contribution in [1.29, 1.82) is 0 Å². The van der Waals surface area contributed by atoms with E-state index in [2.05, 4.69) is 10.6 Å². The summed E-state index contributed by atoms with van der Waals surface area (Å²) in [6, 6.07) is 14.2. The number of carbonyl (C=O) groups is 1. The number of ether oxygens (including phenoxy) is 1. The number of amides is 1. The van der Waals surface area contributed by atoms with Gasteiger partial charge in [0.25, 0.3) is 5.91 Å². The quantitative estimate of drug-likeness (QED) is 0.585. The predicted octanol–water partition coefficient (Wildman–Crippen LogP) is 4.54. The maximum atomic E-state index is 12.4. The van der Waals surface area contributed by atoms with Crippen LogP contribution in [0.4, 0.5) is 5.69 Å². The summed E-state index contributed by atoms with van der Waals surface area (Å²) < 4.78 is 3.36. The third-order valence-corrected chi connectivity index (χ3v) is 3.94. The number of benzene rings is 2. The lowest BCUT2D eigenvalue weighted by atomic mass is 10.1. The second kappa shape index (κ2) is 7.97. The second-order valence-electron chi connectivity index (χ2n) is 5.19. The van der Waals surface area contributed by atoms with Crippen molar-refractivity contribution in [2.75, 3.05) is 12.4 Å². The first-order valence-electron chi connectivity index (χ1n) is 7.14. The Morgan fingerprint density at radius 3 is 2.33 bits per heavy atom. The van der Waals surface area contributed by atoms with E-state index in [1.54, 1.807) is 49.6 Å². The Labute approximate surface area is 156 Å². The van der Waals surface area contributed by atoms with Gasteiger partial charge < -0.3 is 15.4 Å². The van der Waals surface area contributed by atoms with Crippen LogP contribution in [0.15, 0.2) is 48.5 Å². The number of aryl methyl sites for hydroxylation is 1. The molecule has 2 rings (SSSR count). The van der Waals surface area contributed by atoms with Gasteiger partial charge in [-0.2, -0.15) is 0 Å². The number of carbonyl (C=O) groups excluding carboxylic acids is 1. The molecule has 2 N–H and O–H groups in total. The van der Waals surface area contributed by atoms with Crippen molar-refractivity contribution in [2.45, 2.75) is 16.9 Å². The van der Waals surface area contributed by atoms with E-state index in [9.17, 15) is 4.79 Å². The molecular weight excluding hydrogens is 371 g/mol. The van der Waals surface area contributed by atoms with Crippen LogP contribution in [0.2, 0.25) is 0 Å². The first kappa shape index (κ1) is 18.7. The number of hydrogen-bond donors (Lipinski definition) is 2. The van der Waals surface area contributed by atoms with E-state index in [0.717, 1.165) is 5.56 Å². The molecule has 0 bridgehead atoms. The Morgan fingerprint density at radius 2 is 1.79 bits per heavy atom. The molecule has 2 aromatic carbocycles. The predicted molar refractivity (Wildman–Crippen MR) is 99.3 cm³/mol. The van der Waals surface area contributed by atoms with Crippen LogP contribution in [0.5, 0.6) is 5.75 Å². The molecule has 4 nitrogen and oxygen atoms in total. The Hall–Kier alpha value is -1.62. The summed E-state index contributed by atoms with van der Waals surface area (Å²) in [5, 5.41) is 5.70. The van der Waals surface area contributed by atoms with Crippen LogP contribution in [0.25, 0.3) is 0 Å². The van der Waals surface area contributed by atoms with Crippen LogP contribution in [0.3, 0.4) is 0 Å². The number of halogens is 3. The van der Waals surface area contributed by atoms with Gasteiger partial charge in [0.2, 0.25) is 3.79 Å². The van der Waals surface area contributed by atoms with Gasteiger partial charge in [0.1, 0.15) is 11.9 Å². The minimum absolute atomic E-state index is 0.337. The first-order chi connectivity index (χ1) is 11.3. The van der Waals surface area contributed by atoms with E-state index in [1.165, 1.54) is 0 Å². The van der Waals surface area contributed by atoms with Gasteiger partial charge in [-0.3, -0.25) is 4.79 Å². The highest BCUT2D eigenvalue weighted by Crippen LogP contribution is 2.31. The topological polar surface area (TPSA) is 50.4 Å². The van der Waals surface area contributed by atoms with Gasteiger partial charge in [-0.1, -0.05) is 52.5 Å². The SMILES string of the molecule is COc1ccc(NC(NC(=O)c2cccc(C)c2)C(Cl)(Cl)Cl)cc1. The number of nitrogens with one attached hydrogen (secondary N) is 2. The summed E-state index contributed by atoms with van der Waals surface area (Å²) in [6.45, 7) is 1.90. The number of methoxy groups -OCH3 is 1. The first-order valence-corrected chi connectivity index (χ1v) is 8.28. The molecule has 0 aliphatic carbocycles. The molecule has 1 unspecified atom stereocenters. The fourth-order valence-electron chi connectivity index (χ4n) is 2.05. The molecule has 7 heteroatoms. The number of alkyl halides is 3. The summed E-state index contributed by atoms with van der Waals surface area (Å²) in [5.74, 6) is 0.366. The van der Waals surface area contributed by atoms with Crippen molar-refractivity contribution in [1.82, 2.24) is 5.32 Å². The highest BCUT2D eigenvalue weighted by atomic mass is 35.6. The summed E-state index contributed by atoms with van der Waals surface area (Å²) in [6.07, 6.45) is -0.913. The van der Waals surface area contributed by atoms with Crippen molar-refractivity contribution in [3.63, 3.8) is 0 Å². The second-order valence-corrected chi connectivity index (χ2v) is 7.56. The molecule has 0 saturated heterocycles. The van der Waals surface area contributed by atoms with Crippen molar-refractivity contribution in [3.8, 4) is 5.75 Å². The smallest absolute Gasteiger partial charge is 0.252 e. The highest BCUT2D eigenvalue weighted by molar-refractivity contribution is 6.68. The lowest BCUT2D eigenvalue weighted by Crippen LogP contribution is -2.49. The van der Waals surface area contributed by atoms with E-state index in [4.69, 9.17) is 39.5 Å². The minimum atomic E-state index is -1.74. The van der Waals surface area contributed by atoms with Gasteiger partial charge in [-0.15, -0.1) is 0 Å². The van der Waals surface area contributed by atoms with E-state index in [-0.39, 0.29) is 5.91 Å². The van der Waals surface area contributed by atoms with Crippen LogP contribution in [-0.4, -0.2) is 23.0 Å². The van der Waals surface area contributed by atoms with Crippen LogP contribution in [0, 0.1) is 6.92 Å². The molecule has 2 aromatic rings. The van der Waals surface area contributed by atoms with Gasteiger partial charge in [0, 0.05) is 11.3 Å². The average molecular weight is 388 g/mol. The normalized spacial score (nSPS) is 12.4. The van der Waals surface area contributed by atoms with Crippen molar-refractivity contribution >= 4 is 46.4 Å². The molecule has 0 heterocycles. The molecule has 0 fully saturated rings. The maximum absolute atomic E-state index is 12.4. The lowest BCUT2D eigenvalue weighted by molar-refractivity contribution is 0.0941. The van der Waals surface area contributed by atoms with Gasteiger partial charge in [-0.25, -0.2) is 0 Å². The van der Waals surface area contributed by atoms with Crippen molar-refractivity contribution < 1.29 is 9.53 Å². The maximum Gasteiger partial charge on any atom is 0.252 e. The molecular formula is C17H17Cl3N2O2. The molecule has 128 valence electrons. The summed E-state index contributed by atoms with van der Waals surface area (Å²) in [5.41, 5.74) is 2.14. The van der Waals surface area contributed by atoms with Gasteiger partial charge in [0.05, 0.1) is 7.11 Å². The van der Waals surface area contributed by atoms with Gasteiger partial charge >= 0.3 is 0 Å². The van der Waals surface area contributed by atoms with Crippen molar-refractivity contribution in [3.05, 3.63) is 59.7 Å². The monoisotopic (exact) mass is 386 g/mol. The third kappa shape index (κ3) is 5.20. The zero-order chi connectivity index (χ0) is 17.7. The fraction of sp³-hybridized carbons (Fsp3) is 0.235. The van der Waals surface area contributed by atoms with E-state index >= 15 is 0 Å². The Morgan fingerprint density at radius 1 is 1.12 bits per heavy atom. The molecule has 0 aliphatic rings. The molecule has 1 atom stereocenters. The Kier molecular flexibility index (Phi) is 6.21. The lowest BCUT2D eigenvalue weighted by Gasteiger charge is -2.27. The van der Waals surface area contributed by atoms with Crippen LogP contribution in [-0.2, 0) is 0 Å². The summed E-state index contributed by atoms with van der Waals surface area (Å²) in [4.78, 5) is 12.4. The summed E-state index contributed by atoms with van der Waals surface area (Å²) in [7, 11) is 1.58. The molecule has 1 amide bonds. The Bertz CT molecular complexity index is 700. The standard InChI is InChI=1S/C17H17Cl3N2O2/c1-11-4-3-5-12(10-11)15(23)22-16(17(18,19)20)21-13-6-8-14(24-2)9-7-13/h3-10,16,21H,1-2H3,(H,22,23). The number of hydrogen-bond acceptors (Lipinski definition) is 3. The number of anilines is 1. The zero-order valence-electron chi connectivity index (χ0n) is 13.1. The summed E-state index contributed by atoms with van der Waals surface area (Å²) >= 11 is 18.0. The zero-order valence-corrected chi connectivity index (χ0v) is 15.4. The molecule has 0 aromatic heterocycles. The van der Waals surface area contributed by atoms with Gasteiger partial charge in [-0.05, 0) is 43.3 Å². The van der Waals surface area contributed by atoms with Crippen LogP contribution in [0.1, 0.15) is 15.9 Å². The number of rotatable bonds is 5. The van der Waals surface area contributed by atoms with Crippen LogP contribution < -0.4 is 15.4 Å². The molecule has 0 aliphatic heterocycles. The van der Waals surface area contributed by atoms with E-state index < -0.39 is 9.96 Å². The minimum Gasteiger partial charge on any atom is -0.497 e. The van der Waals surface area contributed by atoms with Gasteiger partial charge in [0.15, 0.2) is 0 Å². The average Bonchev–Trinajstić information content (AvgIpc) is 2.54. The molecule has 24 heavy (non-hydrogen) atoms. The van der Waals surface area contributed by atoms with Crippen LogP contribution >= 0.6 is 34.8 Å². The van der Waals surface area contributed by atoms with Crippen molar-refractivity contribution in [2.24, 2.45) is 0 Å². The highest BCUT2D eigenvalue weighted by Gasteiger charge is 2.34. The molecule has 0 spiro atoms. The van der Waals surface area contributed by atoms with E-state index in [0.29, 0.717) is 17.0 Å². The Balaban J connectivity index is 2.14. The third-order valence-electron chi connectivity index (χ3n) is 3.28. The fourth-order valence-corrected chi connectivity index (χ4v) is 2.38.